The fourth-order valence-electron chi connectivity index (χ4n) is 4.32. The molecule has 0 atom stereocenters. The zero-order valence-corrected chi connectivity index (χ0v) is 18.8. The summed E-state index contributed by atoms with van der Waals surface area (Å²) in [5, 5.41) is 1.04. The van der Waals surface area contributed by atoms with Crippen molar-refractivity contribution in [2.45, 2.75) is 19.5 Å². The Labute approximate surface area is 193 Å². The van der Waals surface area contributed by atoms with Crippen molar-refractivity contribution in [1.29, 1.82) is 0 Å². The lowest BCUT2D eigenvalue weighted by molar-refractivity contribution is 0.0728. The lowest BCUT2D eigenvalue weighted by Gasteiger charge is -2.20. The Balaban J connectivity index is 1.27. The molecule has 0 unspecified atom stereocenters. The third kappa shape index (κ3) is 4.91. The fraction of sp³-hybridized carbons (Fsp3) is 0.259. The van der Waals surface area contributed by atoms with Crippen molar-refractivity contribution in [3.8, 4) is 5.75 Å². The van der Waals surface area contributed by atoms with E-state index in [9.17, 15) is 4.79 Å². The summed E-state index contributed by atoms with van der Waals surface area (Å²) in [6, 6.07) is 22.2. The van der Waals surface area contributed by atoms with Crippen molar-refractivity contribution >= 4 is 16.8 Å². The van der Waals surface area contributed by atoms with Crippen LogP contribution in [0.2, 0.25) is 0 Å². The topological polar surface area (TPSA) is 61.5 Å². The van der Waals surface area contributed by atoms with Crippen molar-refractivity contribution in [1.82, 2.24) is 19.8 Å². The number of para-hydroxylation sites is 1. The van der Waals surface area contributed by atoms with Crippen molar-refractivity contribution < 1.29 is 9.53 Å². The van der Waals surface area contributed by atoms with E-state index in [4.69, 9.17) is 4.74 Å². The van der Waals surface area contributed by atoms with Crippen LogP contribution in [0.4, 0.5) is 0 Å². The van der Waals surface area contributed by atoms with E-state index in [1.54, 1.807) is 0 Å². The van der Waals surface area contributed by atoms with Gasteiger partial charge in [0.25, 0.3) is 5.91 Å². The lowest BCUT2D eigenvalue weighted by atomic mass is 10.1. The third-order valence-electron chi connectivity index (χ3n) is 6.08. The molecule has 33 heavy (non-hydrogen) atoms. The molecule has 6 nitrogen and oxygen atoms in total. The monoisotopic (exact) mass is 440 g/mol. The summed E-state index contributed by atoms with van der Waals surface area (Å²) in [6.07, 6.45) is 2.75. The molecule has 2 aromatic carbocycles. The third-order valence-corrected chi connectivity index (χ3v) is 6.08. The van der Waals surface area contributed by atoms with Gasteiger partial charge < -0.3 is 19.5 Å². The molecular weight excluding hydrogens is 412 g/mol. The van der Waals surface area contributed by atoms with Gasteiger partial charge in [0.1, 0.15) is 18.1 Å². The minimum atomic E-state index is 0.000493. The number of aromatic nitrogens is 2. The van der Waals surface area contributed by atoms with E-state index in [1.165, 1.54) is 5.56 Å². The number of carbonyl (C=O) groups excluding carboxylic acids is 1. The number of nitrogens with zero attached hydrogens (tertiary/aromatic N) is 3. The Morgan fingerprint density at radius 2 is 2.00 bits per heavy atom. The zero-order chi connectivity index (χ0) is 22.6. The molecule has 0 fully saturated rings. The summed E-state index contributed by atoms with van der Waals surface area (Å²) in [4.78, 5) is 25.1. The highest BCUT2D eigenvalue weighted by atomic mass is 16.5. The van der Waals surface area contributed by atoms with Crippen LogP contribution >= 0.6 is 0 Å². The first kappa shape index (κ1) is 21.2. The fourth-order valence-corrected chi connectivity index (χ4v) is 4.32. The molecule has 0 spiro atoms. The first-order valence-corrected chi connectivity index (χ1v) is 11.4. The molecule has 6 heteroatoms. The quantitative estimate of drug-likeness (QED) is 0.486. The molecule has 1 N–H and O–H groups in total. The van der Waals surface area contributed by atoms with Crippen LogP contribution in [-0.4, -0.2) is 52.4 Å². The summed E-state index contributed by atoms with van der Waals surface area (Å²) in [5.41, 5.74) is 4.95. The first-order valence-electron chi connectivity index (χ1n) is 11.4. The van der Waals surface area contributed by atoms with E-state index in [1.807, 2.05) is 59.6 Å². The largest absolute Gasteiger partial charge is 0.491 e. The number of pyridine rings is 1. The predicted octanol–water partition coefficient (Wildman–Crippen LogP) is 4.27. The number of H-pyrrole nitrogens is 1. The van der Waals surface area contributed by atoms with Crippen LogP contribution in [0.15, 0.2) is 72.9 Å². The van der Waals surface area contributed by atoms with Crippen molar-refractivity contribution in [2.24, 2.45) is 0 Å². The van der Waals surface area contributed by atoms with Gasteiger partial charge in [-0.05, 0) is 49.0 Å². The molecular formula is C27H28N4O2. The second kappa shape index (κ2) is 9.46. The predicted molar refractivity (Wildman–Crippen MR) is 129 cm³/mol. The number of likely N-dealkylation sites (N-methyl/N-ethyl adjacent to an activating group) is 1. The van der Waals surface area contributed by atoms with Gasteiger partial charge in [-0.15, -0.1) is 0 Å². The maximum atomic E-state index is 13.2. The maximum Gasteiger partial charge on any atom is 0.270 e. The molecule has 0 bridgehead atoms. The van der Waals surface area contributed by atoms with Gasteiger partial charge in [0.15, 0.2) is 0 Å². The number of hydrogen-bond donors (Lipinski definition) is 1. The smallest absolute Gasteiger partial charge is 0.270 e. The van der Waals surface area contributed by atoms with E-state index >= 15 is 0 Å². The molecule has 1 aliphatic rings. The Morgan fingerprint density at radius 3 is 2.85 bits per heavy atom. The number of amides is 1. The molecule has 0 aliphatic carbocycles. The van der Waals surface area contributed by atoms with Crippen LogP contribution in [-0.2, 0) is 19.5 Å². The Hall–Kier alpha value is -3.64. The Bertz CT molecular complexity index is 1220. The summed E-state index contributed by atoms with van der Waals surface area (Å²) < 4.78 is 5.96. The number of benzene rings is 2. The summed E-state index contributed by atoms with van der Waals surface area (Å²) in [5.74, 6) is 0.863. The van der Waals surface area contributed by atoms with Crippen molar-refractivity contribution in [3.05, 3.63) is 95.4 Å². The van der Waals surface area contributed by atoms with Gasteiger partial charge in [0.2, 0.25) is 0 Å². The highest BCUT2D eigenvalue weighted by Crippen LogP contribution is 2.26. The number of rotatable bonds is 6. The van der Waals surface area contributed by atoms with Gasteiger partial charge in [0, 0.05) is 54.4 Å². The number of ether oxygens (including phenoxy) is 1. The van der Waals surface area contributed by atoms with Gasteiger partial charge in [0.05, 0.1) is 6.54 Å². The number of carbonyl (C=O) groups is 1. The summed E-state index contributed by atoms with van der Waals surface area (Å²) >= 11 is 0. The van der Waals surface area contributed by atoms with Gasteiger partial charge in [-0.3, -0.25) is 9.78 Å². The highest BCUT2D eigenvalue weighted by molar-refractivity contribution is 5.98. The average molecular weight is 441 g/mol. The molecule has 0 saturated carbocycles. The van der Waals surface area contributed by atoms with Gasteiger partial charge in [-0.25, -0.2) is 0 Å². The van der Waals surface area contributed by atoms with Crippen LogP contribution in [0.5, 0.6) is 5.75 Å². The first-order chi connectivity index (χ1) is 16.2. The molecule has 0 saturated heterocycles. The molecule has 0 radical (unpaired) electrons. The molecule has 4 aromatic rings. The summed E-state index contributed by atoms with van der Waals surface area (Å²) in [6.45, 7) is 3.34. The molecule has 168 valence electrons. The average Bonchev–Trinajstić information content (AvgIpc) is 3.16. The number of fused-ring (bicyclic) bond motifs is 2. The molecule has 1 amide bonds. The number of nitrogens with one attached hydrogen (secondary N) is 1. The van der Waals surface area contributed by atoms with Gasteiger partial charge in [-0.1, -0.05) is 30.3 Å². The van der Waals surface area contributed by atoms with Crippen LogP contribution in [0.25, 0.3) is 10.9 Å². The van der Waals surface area contributed by atoms with Crippen LogP contribution in [0, 0.1) is 0 Å². The van der Waals surface area contributed by atoms with E-state index in [2.05, 4.69) is 40.1 Å². The minimum absolute atomic E-state index is 0.000493. The number of hydrogen-bond acceptors (Lipinski definition) is 4. The van der Waals surface area contributed by atoms with E-state index in [0.717, 1.165) is 47.4 Å². The van der Waals surface area contributed by atoms with Gasteiger partial charge >= 0.3 is 0 Å². The second-order valence-electron chi connectivity index (χ2n) is 8.60. The minimum Gasteiger partial charge on any atom is -0.491 e. The van der Waals surface area contributed by atoms with E-state index in [-0.39, 0.29) is 5.91 Å². The molecule has 5 rings (SSSR count). The Morgan fingerprint density at radius 1 is 1.12 bits per heavy atom. The Kier molecular flexibility index (Phi) is 6.09. The van der Waals surface area contributed by atoms with Crippen LogP contribution < -0.4 is 4.74 Å². The van der Waals surface area contributed by atoms with Crippen LogP contribution in [0.3, 0.4) is 0 Å². The molecule has 3 heterocycles. The lowest BCUT2D eigenvalue weighted by Crippen LogP contribution is -2.32. The molecule has 1 aliphatic heterocycles. The normalized spacial score (nSPS) is 13.6. The highest BCUT2D eigenvalue weighted by Gasteiger charge is 2.22. The van der Waals surface area contributed by atoms with E-state index in [0.29, 0.717) is 25.4 Å². The van der Waals surface area contributed by atoms with Crippen molar-refractivity contribution in [3.63, 3.8) is 0 Å². The number of aromatic amines is 1. The van der Waals surface area contributed by atoms with Gasteiger partial charge in [-0.2, -0.15) is 0 Å². The van der Waals surface area contributed by atoms with E-state index < -0.39 is 0 Å². The summed E-state index contributed by atoms with van der Waals surface area (Å²) in [7, 11) is 2.12. The SMILES string of the molecule is CN(CCc1ccccn1)Cc1ccc2c(c1)CN(C(=O)c1cc3ccccc3[nH]1)CCO2. The molecule has 2 aromatic heterocycles. The maximum absolute atomic E-state index is 13.2. The second-order valence-corrected chi connectivity index (χ2v) is 8.60. The van der Waals surface area contributed by atoms with Crippen molar-refractivity contribution in [2.75, 3.05) is 26.7 Å². The van der Waals surface area contributed by atoms with Crippen LogP contribution in [0.1, 0.15) is 27.3 Å². The zero-order valence-electron chi connectivity index (χ0n) is 18.8. The standard InChI is InChI=1S/C27H28N4O2/c1-30(13-11-23-7-4-5-12-28-23)18-20-9-10-26-22(16-20)19-31(14-15-33-26)27(32)25-17-21-6-2-3-8-24(21)29-25/h2-10,12,16-17,29H,11,13-15,18-19H2,1H3.